The molecule has 7 heteroatoms. The molecule has 3 aromatic rings. The molecule has 0 spiro atoms. The van der Waals surface area contributed by atoms with Crippen molar-refractivity contribution in [2.24, 2.45) is 0 Å². The minimum atomic E-state index is -0.00536. The maximum absolute atomic E-state index is 12.3. The van der Waals surface area contributed by atoms with Crippen LogP contribution in [0.15, 0.2) is 34.7 Å². The van der Waals surface area contributed by atoms with Gasteiger partial charge in [0.05, 0.1) is 5.52 Å². The minimum Gasteiger partial charge on any atom is -0.331 e. The molecule has 98 valence electrons. The zero-order chi connectivity index (χ0) is 13.2. The van der Waals surface area contributed by atoms with Crippen molar-refractivity contribution >= 4 is 33.8 Å². The first kappa shape index (κ1) is 12.3. The number of nitrogens with zero attached hydrogens (tertiary/aromatic N) is 3. The summed E-state index contributed by atoms with van der Waals surface area (Å²) in [6, 6.07) is 3.77. The Bertz CT molecular complexity index is 797. The van der Waals surface area contributed by atoms with Gasteiger partial charge in [0.2, 0.25) is 0 Å². The summed E-state index contributed by atoms with van der Waals surface area (Å²) in [5, 5.41) is 6.03. The quantitative estimate of drug-likeness (QED) is 0.751. The van der Waals surface area contributed by atoms with Crippen molar-refractivity contribution in [3.63, 3.8) is 0 Å². The van der Waals surface area contributed by atoms with Crippen molar-refractivity contribution in [2.75, 3.05) is 0 Å². The summed E-state index contributed by atoms with van der Waals surface area (Å²) in [5.41, 5.74) is 0.817. The smallest absolute Gasteiger partial charge is 0.272 e. The lowest BCUT2D eigenvalue weighted by atomic mass is 10.4. The topological polar surface area (TPSA) is 55.6 Å². The van der Waals surface area contributed by atoms with Crippen LogP contribution < -0.4 is 5.56 Å². The third-order valence-electron chi connectivity index (χ3n) is 2.92. The lowest BCUT2D eigenvalue weighted by molar-refractivity contribution is 0.515. The largest absolute Gasteiger partial charge is 0.331 e. The standard InChI is InChI=1S/C12H12N4OS2/c17-11-10-9(3-8-19-10)14-12(18)16(11)7-2-6-15-5-1-4-13-15/h1,3-5,8H,2,6-7H2,(H,14,18). The van der Waals surface area contributed by atoms with Gasteiger partial charge in [-0.3, -0.25) is 14.0 Å². The predicted molar refractivity (Wildman–Crippen MR) is 78.1 cm³/mol. The Balaban J connectivity index is 1.84. The normalized spacial score (nSPS) is 11.2. The number of aromatic amines is 1. The van der Waals surface area contributed by atoms with E-state index in [9.17, 15) is 4.79 Å². The van der Waals surface area contributed by atoms with Crippen molar-refractivity contribution in [1.29, 1.82) is 0 Å². The molecular formula is C12H12N4OS2. The molecule has 3 aromatic heterocycles. The van der Waals surface area contributed by atoms with E-state index in [4.69, 9.17) is 12.2 Å². The Hall–Kier alpha value is -1.73. The van der Waals surface area contributed by atoms with Crippen LogP contribution in [-0.2, 0) is 13.1 Å². The van der Waals surface area contributed by atoms with Crippen molar-refractivity contribution in [3.8, 4) is 0 Å². The van der Waals surface area contributed by atoms with Crippen LogP contribution in [0.3, 0.4) is 0 Å². The second kappa shape index (κ2) is 5.10. The number of hydrogen-bond acceptors (Lipinski definition) is 4. The lowest BCUT2D eigenvalue weighted by Gasteiger charge is -2.06. The van der Waals surface area contributed by atoms with Gasteiger partial charge in [0.15, 0.2) is 4.77 Å². The molecule has 0 unspecified atom stereocenters. The van der Waals surface area contributed by atoms with Crippen LogP contribution in [0, 0.1) is 4.77 Å². The van der Waals surface area contributed by atoms with Gasteiger partial charge in [0.25, 0.3) is 5.56 Å². The molecule has 1 N–H and O–H groups in total. The fraction of sp³-hybridized carbons (Fsp3) is 0.250. The third-order valence-corrected chi connectivity index (χ3v) is 4.14. The molecular weight excluding hydrogens is 280 g/mol. The Morgan fingerprint density at radius 3 is 3.11 bits per heavy atom. The number of aryl methyl sites for hydroxylation is 1. The summed E-state index contributed by atoms with van der Waals surface area (Å²) in [5.74, 6) is 0. The molecule has 0 atom stereocenters. The monoisotopic (exact) mass is 292 g/mol. The number of thiophene rings is 1. The number of nitrogens with one attached hydrogen (secondary N) is 1. The molecule has 0 saturated carbocycles. The van der Waals surface area contributed by atoms with Gasteiger partial charge < -0.3 is 4.98 Å². The molecule has 0 bridgehead atoms. The van der Waals surface area contributed by atoms with Gasteiger partial charge in [-0.2, -0.15) is 5.10 Å². The van der Waals surface area contributed by atoms with Gasteiger partial charge in [0.1, 0.15) is 4.70 Å². The van der Waals surface area contributed by atoms with Gasteiger partial charge in [0, 0.05) is 25.5 Å². The average Bonchev–Trinajstić information content (AvgIpc) is 3.03. The van der Waals surface area contributed by atoms with Crippen LogP contribution >= 0.6 is 23.6 Å². The zero-order valence-electron chi connectivity index (χ0n) is 10.1. The van der Waals surface area contributed by atoms with Crippen molar-refractivity contribution in [1.82, 2.24) is 19.3 Å². The highest BCUT2D eigenvalue weighted by atomic mass is 32.1. The van der Waals surface area contributed by atoms with Crippen LogP contribution in [0.1, 0.15) is 6.42 Å². The SMILES string of the molecule is O=c1c2sccc2[nH]c(=S)n1CCCn1cccn1. The highest BCUT2D eigenvalue weighted by molar-refractivity contribution is 7.71. The van der Waals surface area contributed by atoms with Crippen molar-refractivity contribution < 1.29 is 0 Å². The molecule has 0 amide bonds. The van der Waals surface area contributed by atoms with Crippen LogP contribution in [0.2, 0.25) is 0 Å². The summed E-state index contributed by atoms with van der Waals surface area (Å²) in [6.45, 7) is 1.37. The number of aromatic nitrogens is 4. The maximum Gasteiger partial charge on any atom is 0.272 e. The summed E-state index contributed by atoms with van der Waals surface area (Å²) >= 11 is 6.68. The van der Waals surface area contributed by atoms with E-state index in [0.29, 0.717) is 11.3 Å². The van der Waals surface area contributed by atoms with Gasteiger partial charge in [-0.05, 0) is 36.2 Å². The summed E-state index contributed by atoms with van der Waals surface area (Å²) in [6.07, 6.45) is 4.47. The van der Waals surface area contributed by atoms with E-state index in [1.54, 1.807) is 10.8 Å². The van der Waals surface area contributed by atoms with Crippen molar-refractivity contribution in [3.05, 3.63) is 45.0 Å². The Morgan fingerprint density at radius 1 is 1.42 bits per heavy atom. The highest BCUT2D eigenvalue weighted by Gasteiger charge is 2.06. The molecule has 5 nitrogen and oxygen atoms in total. The minimum absolute atomic E-state index is 0.00536. The maximum atomic E-state index is 12.3. The molecule has 0 aliphatic carbocycles. The van der Waals surface area contributed by atoms with E-state index in [-0.39, 0.29) is 5.56 Å². The van der Waals surface area contributed by atoms with Crippen LogP contribution in [-0.4, -0.2) is 19.3 Å². The fourth-order valence-corrected chi connectivity index (χ4v) is 3.08. The first-order valence-corrected chi connectivity index (χ1v) is 7.22. The van der Waals surface area contributed by atoms with E-state index < -0.39 is 0 Å². The van der Waals surface area contributed by atoms with Crippen LogP contribution in [0.5, 0.6) is 0 Å². The van der Waals surface area contributed by atoms with E-state index in [2.05, 4.69) is 10.1 Å². The van der Waals surface area contributed by atoms with Crippen molar-refractivity contribution in [2.45, 2.75) is 19.5 Å². The lowest BCUT2D eigenvalue weighted by Crippen LogP contribution is -2.22. The summed E-state index contributed by atoms with van der Waals surface area (Å²) in [7, 11) is 0. The molecule has 19 heavy (non-hydrogen) atoms. The van der Waals surface area contributed by atoms with E-state index in [1.165, 1.54) is 11.3 Å². The van der Waals surface area contributed by atoms with E-state index >= 15 is 0 Å². The molecule has 0 saturated heterocycles. The molecule has 0 aromatic carbocycles. The number of hydrogen-bond donors (Lipinski definition) is 1. The molecule has 0 fully saturated rings. The van der Waals surface area contributed by atoms with Gasteiger partial charge >= 0.3 is 0 Å². The molecule has 0 radical (unpaired) electrons. The predicted octanol–water partition coefficient (Wildman–Crippen LogP) is 2.41. The van der Waals surface area contributed by atoms with Crippen LogP contribution in [0.4, 0.5) is 0 Å². The second-order valence-electron chi connectivity index (χ2n) is 4.17. The molecule has 0 aliphatic rings. The van der Waals surface area contributed by atoms with Crippen LogP contribution in [0.25, 0.3) is 10.2 Å². The molecule has 3 rings (SSSR count). The van der Waals surface area contributed by atoms with E-state index in [0.717, 1.165) is 23.2 Å². The molecule has 0 aliphatic heterocycles. The summed E-state index contributed by atoms with van der Waals surface area (Å²) < 4.78 is 4.68. The Kier molecular flexibility index (Phi) is 3.31. The Labute approximate surface area is 118 Å². The first-order chi connectivity index (χ1) is 9.25. The number of rotatable bonds is 4. The fourth-order valence-electron chi connectivity index (χ4n) is 2.00. The van der Waals surface area contributed by atoms with E-state index in [1.807, 2.05) is 28.4 Å². The number of fused-ring (bicyclic) bond motifs is 1. The van der Waals surface area contributed by atoms with Gasteiger partial charge in [-0.25, -0.2) is 0 Å². The van der Waals surface area contributed by atoms with Gasteiger partial charge in [-0.15, -0.1) is 11.3 Å². The number of H-pyrrole nitrogens is 1. The van der Waals surface area contributed by atoms with Gasteiger partial charge in [-0.1, -0.05) is 0 Å². The zero-order valence-corrected chi connectivity index (χ0v) is 11.7. The highest BCUT2D eigenvalue weighted by Crippen LogP contribution is 2.13. The first-order valence-electron chi connectivity index (χ1n) is 5.93. The summed E-state index contributed by atoms with van der Waals surface area (Å²) in [4.78, 5) is 15.4. The Morgan fingerprint density at radius 2 is 2.32 bits per heavy atom. The second-order valence-corrected chi connectivity index (χ2v) is 5.48. The average molecular weight is 292 g/mol. The molecule has 3 heterocycles. The third kappa shape index (κ3) is 2.39.